The Kier molecular flexibility index (Phi) is 2.90. The summed E-state index contributed by atoms with van der Waals surface area (Å²) in [7, 11) is 2.13. The molecule has 98 valence electrons. The Balaban J connectivity index is 1.68. The number of nitrogens with zero attached hydrogens (tertiary/aromatic N) is 1. The quantitative estimate of drug-likeness (QED) is 0.885. The van der Waals surface area contributed by atoms with Crippen LogP contribution in [0.25, 0.3) is 0 Å². The van der Waals surface area contributed by atoms with E-state index < -0.39 is 0 Å². The number of amides is 1. The molecule has 1 N–H and O–H groups in total. The smallest absolute Gasteiger partial charge is 0.255 e. The zero-order valence-electron chi connectivity index (χ0n) is 11.0. The van der Waals surface area contributed by atoms with Gasteiger partial charge in [0.15, 0.2) is 0 Å². The third-order valence-electron chi connectivity index (χ3n) is 4.20. The van der Waals surface area contributed by atoms with Crippen molar-refractivity contribution in [3.05, 3.63) is 23.7 Å². The van der Waals surface area contributed by atoms with E-state index in [2.05, 4.69) is 17.3 Å². The van der Waals surface area contributed by atoms with E-state index in [1.807, 2.05) is 6.92 Å². The van der Waals surface area contributed by atoms with E-state index >= 15 is 0 Å². The Morgan fingerprint density at radius 1 is 1.44 bits per heavy atom. The van der Waals surface area contributed by atoms with E-state index in [1.165, 1.54) is 12.8 Å². The molecule has 0 radical (unpaired) electrons. The first-order valence-corrected chi connectivity index (χ1v) is 6.68. The number of carbonyl (C=O) groups excluding carboxylic acids is 1. The first-order valence-electron chi connectivity index (χ1n) is 6.68. The molecule has 18 heavy (non-hydrogen) atoms. The number of hydrogen-bond donors (Lipinski definition) is 1. The molecule has 1 saturated carbocycles. The summed E-state index contributed by atoms with van der Waals surface area (Å²) < 4.78 is 5.19. The Bertz CT molecular complexity index is 450. The lowest BCUT2D eigenvalue weighted by atomic mass is 9.98. The van der Waals surface area contributed by atoms with Crippen molar-refractivity contribution < 1.29 is 9.21 Å². The van der Waals surface area contributed by atoms with E-state index in [-0.39, 0.29) is 5.91 Å². The van der Waals surface area contributed by atoms with E-state index in [0.717, 1.165) is 19.0 Å². The van der Waals surface area contributed by atoms with Crippen LogP contribution in [0.2, 0.25) is 0 Å². The largest absolute Gasteiger partial charge is 0.469 e. The predicted octanol–water partition coefficient (Wildman–Crippen LogP) is 1.66. The van der Waals surface area contributed by atoms with Gasteiger partial charge in [0, 0.05) is 19.1 Å². The molecule has 4 heteroatoms. The maximum atomic E-state index is 12.2. The van der Waals surface area contributed by atoms with E-state index in [9.17, 15) is 4.79 Å². The summed E-state index contributed by atoms with van der Waals surface area (Å²) in [5.41, 5.74) is 0.666. The second-order valence-electron chi connectivity index (χ2n) is 5.69. The lowest BCUT2D eigenvalue weighted by Crippen LogP contribution is -2.41. The number of aryl methyl sites for hydroxylation is 1. The molecule has 1 aliphatic carbocycles. The second-order valence-corrected chi connectivity index (χ2v) is 5.69. The molecule has 1 aliphatic heterocycles. The normalized spacial score (nSPS) is 28.6. The van der Waals surface area contributed by atoms with Gasteiger partial charge in [0.05, 0.1) is 11.8 Å². The average molecular weight is 248 g/mol. The second kappa shape index (κ2) is 4.43. The van der Waals surface area contributed by atoms with Gasteiger partial charge in [-0.3, -0.25) is 4.79 Å². The number of hydrogen-bond acceptors (Lipinski definition) is 3. The van der Waals surface area contributed by atoms with Crippen LogP contribution < -0.4 is 5.32 Å². The highest BCUT2D eigenvalue weighted by Gasteiger charge is 2.42. The highest BCUT2D eigenvalue weighted by molar-refractivity contribution is 5.95. The summed E-state index contributed by atoms with van der Waals surface area (Å²) in [4.78, 5) is 14.5. The monoisotopic (exact) mass is 248 g/mol. The van der Waals surface area contributed by atoms with Gasteiger partial charge in [-0.15, -0.1) is 0 Å². The minimum atomic E-state index is 0.00667. The standard InChI is InChI=1S/C14H20N2O2/c1-9-11(5-6-18-9)14(17)15-13-8-16(2)7-12(13)10-3-4-10/h5-6,10,12-13H,3-4,7-8H2,1-2H3,(H,15,17)/t12-,13+/m1/s1. The topological polar surface area (TPSA) is 45.5 Å². The van der Waals surface area contributed by atoms with Gasteiger partial charge in [-0.05, 0) is 44.7 Å². The molecule has 1 aromatic rings. The fraction of sp³-hybridized carbons (Fsp3) is 0.643. The van der Waals surface area contributed by atoms with Gasteiger partial charge in [-0.2, -0.15) is 0 Å². The molecule has 2 atom stereocenters. The molecule has 0 aromatic carbocycles. The highest BCUT2D eigenvalue weighted by atomic mass is 16.3. The van der Waals surface area contributed by atoms with Crippen molar-refractivity contribution in [2.45, 2.75) is 25.8 Å². The van der Waals surface area contributed by atoms with Crippen LogP contribution in [0.15, 0.2) is 16.7 Å². The van der Waals surface area contributed by atoms with Crippen molar-refractivity contribution in [2.75, 3.05) is 20.1 Å². The van der Waals surface area contributed by atoms with Crippen LogP contribution in [-0.2, 0) is 0 Å². The SMILES string of the molecule is Cc1occc1C(=O)N[C@H]1CN(C)C[C@@H]1C1CC1. The zero-order valence-corrected chi connectivity index (χ0v) is 11.0. The van der Waals surface area contributed by atoms with Crippen LogP contribution in [0.1, 0.15) is 29.0 Å². The Morgan fingerprint density at radius 3 is 2.83 bits per heavy atom. The Labute approximate surface area is 107 Å². The molecule has 4 nitrogen and oxygen atoms in total. The summed E-state index contributed by atoms with van der Waals surface area (Å²) in [6, 6.07) is 2.04. The van der Waals surface area contributed by atoms with Crippen LogP contribution >= 0.6 is 0 Å². The van der Waals surface area contributed by atoms with Crippen molar-refractivity contribution >= 4 is 5.91 Å². The van der Waals surface area contributed by atoms with Gasteiger partial charge in [0.25, 0.3) is 5.91 Å². The van der Waals surface area contributed by atoms with Crippen LogP contribution in [0, 0.1) is 18.8 Å². The maximum absolute atomic E-state index is 12.2. The third-order valence-corrected chi connectivity index (χ3v) is 4.20. The minimum absolute atomic E-state index is 0.00667. The molecule has 0 unspecified atom stereocenters. The van der Waals surface area contributed by atoms with Gasteiger partial charge in [0.2, 0.25) is 0 Å². The average Bonchev–Trinajstić information content (AvgIpc) is 2.98. The molecular weight excluding hydrogens is 228 g/mol. The summed E-state index contributed by atoms with van der Waals surface area (Å²) in [5.74, 6) is 2.16. The van der Waals surface area contributed by atoms with Crippen molar-refractivity contribution in [1.29, 1.82) is 0 Å². The van der Waals surface area contributed by atoms with Crippen LogP contribution in [0.4, 0.5) is 0 Å². The summed E-state index contributed by atoms with van der Waals surface area (Å²) in [6.07, 6.45) is 4.23. The van der Waals surface area contributed by atoms with Crippen molar-refractivity contribution in [1.82, 2.24) is 10.2 Å². The fourth-order valence-corrected chi connectivity index (χ4v) is 3.05. The number of nitrogens with one attached hydrogen (secondary N) is 1. The van der Waals surface area contributed by atoms with Crippen LogP contribution in [0.3, 0.4) is 0 Å². The molecular formula is C14H20N2O2. The zero-order chi connectivity index (χ0) is 12.7. The molecule has 2 heterocycles. The number of furan rings is 1. The van der Waals surface area contributed by atoms with Gasteiger partial charge < -0.3 is 14.6 Å². The van der Waals surface area contributed by atoms with Gasteiger partial charge in [0.1, 0.15) is 5.76 Å². The van der Waals surface area contributed by atoms with Gasteiger partial charge >= 0.3 is 0 Å². The fourth-order valence-electron chi connectivity index (χ4n) is 3.05. The molecule has 2 aliphatic rings. The summed E-state index contributed by atoms with van der Waals surface area (Å²) in [5, 5.41) is 3.18. The molecule has 1 aromatic heterocycles. The minimum Gasteiger partial charge on any atom is -0.469 e. The van der Waals surface area contributed by atoms with Crippen LogP contribution in [0.5, 0.6) is 0 Å². The third kappa shape index (κ3) is 2.17. The first-order chi connectivity index (χ1) is 8.65. The number of rotatable bonds is 3. The molecule has 2 fully saturated rings. The number of carbonyl (C=O) groups is 1. The summed E-state index contributed by atoms with van der Waals surface area (Å²) >= 11 is 0. The summed E-state index contributed by atoms with van der Waals surface area (Å²) in [6.45, 7) is 3.90. The van der Waals surface area contributed by atoms with Gasteiger partial charge in [-0.25, -0.2) is 0 Å². The van der Waals surface area contributed by atoms with Gasteiger partial charge in [-0.1, -0.05) is 0 Å². The lowest BCUT2D eigenvalue weighted by molar-refractivity contribution is 0.0927. The Hall–Kier alpha value is -1.29. The Morgan fingerprint density at radius 2 is 2.22 bits per heavy atom. The molecule has 0 bridgehead atoms. The first kappa shape index (κ1) is 11.8. The highest BCUT2D eigenvalue weighted by Crippen LogP contribution is 2.41. The van der Waals surface area contributed by atoms with E-state index in [1.54, 1.807) is 12.3 Å². The maximum Gasteiger partial charge on any atom is 0.255 e. The number of likely N-dealkylation sites (tertiary alicyclic amines) is 1. The molecule has 0 spiro atoms. The van der Waals surface area contributed by atoms with Crippen molar-refractivity contribution in [2.24, 2.45) is 11.8 Å². The van der Waals surface area contributed by atoms with Crippen molar-refractivity contribution in [3.8, 4) is 0 Å². The van der Waals surface area contributed by atoms with Crippen molar-refractivity contribution in [3.63, 3.8) is 0 Å². The number of likely N-dealkylation sites (N-methyl/N-ethyl adjacent to an activating group) is 1. The van der Waals surface area contributed by atoms with E-state index in [4.69, 9.17) is 4.42 Å². The molecule has 1 saturated heterocycles. The molecule has 3 rings (SSSR count). The van der Waals surface area contributed by atoms with E-state index in [0.29, 0.717) is 23.3 Å². The predicted molar refractivity (Wildman–Crippen MR) is 68.4 cm³/mol. The molecule has 1 amide bonds. The van der Waals surface area contributed by atoms with Crippen LogP contribution in [-0.4, -0.2) is 37.0 Å². The lowest BCUT2D eigenvalue weighted by Gasteiger charge is -2.19.